The number of carbonyl (C=O) groups excluding carboxylic acids is 2. The van der Waals surface area contributed by atoms with Crippen molar-refractivity contribution < 1.29 is 9.59 Å². The third-order valence-corrected chi connectivity index (χ3v) is 2.06. The summed E-state index contributed by atoms with van der Waals surface area (Å²) in [7, 11) is 0. The summed E-state index contributed by atoms with van der Waals surface area (Å²) in [6.07, 6.45) is 0.227. The summed E-state index contributed by atoms with van der Waals surface area (Å²) in [5.41, 5.74) is 9.32. The Labute approximate surface area is 99.7 Å². The maximum Gasteiger partial charge on any atom is 0.273 e. The van der Waals surface area contributed by atoms with Crippen molar-refractivity contribution in [3.63, 3.8) is 0 Å². The van der Waals surface area contributed by atoms with Gasteiger partial charge in [0.2, 0.25) is 0 Å². The fraction of sp³-hybridized carbons (Fsp3) is 0.250. The van der Waals surface area contributed by atoms with Gasteiger partial charge in [-0.15, -0.1) is 0 Å². The van der Waals surface area contributed by atoms with Gasteiger partial charge in [0, 0.05) is 17.8 Å². The van der Waals surface area contributed by atoms with Crippen LogP contribution < -0.4 is 11.2 Å². The number of hydrogen-bond acceptors (Lipinski definition) is 4. The molecule has 0 saturated heterocycles. The minimum Gasteiger partial charge on any atom is -0.398 e. The van der Waals surface area contributed by atoms with Crippen LogP contribution in [0.3, 0.4) is 0 Å². The first-order chi connectivity index (χ1) is 8.00. The number of para-hydroxylation sites is 1. The Morgan fingerprint density at radius 1 is 1.29 bits per heavy atom. The van der Waals surface area contributed by atoms with E-state index in [2.05, 4.69) is 10.5 Å². The van der Waals surface area contributed by atoms with Gasteiger partial charge in [0.05, 0.1) is 5.56 Å². The summed E-state index contributed by atoms with van der Waals surface area (Å²) in [4.78, 5) is 22.5. The summed E-state index contributed by atoms with van der Waals surface area (Å²) in [6, 6.07) is 6.72. The molecule has 1 rings (SSSR count). The van der Waals surface area contributed by atoms with Crippen molar-refractivity contribution in [3.8, 4) is 0 Å². The van der Waals surface area contributed by atoms with Crippen LogP contribution in [-0.2, 0) is 4.79 Å². The number of amides is 1. The number of nitrogens with one attached hydrogen (secondary N) is 1. The van der Waals surface area contributed by atoms with Gasteiger partial charge in [-0.05, 0) is 26.0 Å². The number of nitrogens with two attached hydrogens (primary N) is 1. The molecule has 0 bridgehead atoms. The van der Waals surface area contributed by atoms with Crippen molar-refractivity contribution >= 4 is 23.1 Å². The average Bonchev–Trinajstić information content (AvgIpc) is 2.25. The van der Waals surface area contributed by atoms with Gasteiger partial charge in [-0.1, -0.05) is 12.1 Å². The van der Waals surface area contributed by atoms with Crippen molar-refractivity contribution in [2.45, 2.75) is 20.3 Å². The predicted octanol–water partition coefficient (Wildman–Crippen LogP) is 1.35. The quantitative estimate of drug-likeness (QED) is 0.467. The molecule has 0 spiro atoms. The first-order valence-corrected chi connectivity index (χ1v) is 5.18. The van der Waals surface area contributed by atoms with E-state index in [1.165, 1.54) is 6.92 Å². The Bertz CT molecular complexity index is 467. The first kappa shape index (κ1) is 12.9. The number of rotatable bonds is 4. The zero-order valence-electron chi connectivity index (χ0n) is 9.86. The zero-order valence-corrected chi connectivity index (χ0v) is 9.86. The Kier molecular flexibility index (Phi) is 4.39. The molecule has 1 amide bonds. The van der Waals surface area contributed by atoms with Gasteiger partial charge in [0.25, 0.3) is 5.91 Å². The number of Topliss-reactive ketones (excluding diaryl/α,β-unsaturated/α-hetero) is 1. The number of anilines is 1. The summed E-state index contributed by atoms with van der Waals surface area (Å²) in [5, 5.41) is 3.82. The van der Waals surface area contributed by atoms with Crippen LogP contribution in [0.5, 0.6) is 0 Å². The first-order valence-electron chi connectivity index (χ1n) is 5.18. The molecule has 0 aliphatic rings. The maximum atomic E-state index is 11.7. The minimum absolute atomic E-state index is 0.000256. The minimum atomic E-state index is -0.383. The van der Waals surface area contributed by atoms with Crippen LogP contribution in [0.4, 0.5) is 5.69 Å². The average molecular weight is 233 g/mol. The molecule has 17 heavy (non-hydrogen) atoms. The molecule has 1 aromatic carbocycles. The molecule has 5 nitrogen and oxygen atoms in total. The molecule has 0 aliphatic heterocycles. The largest absolute Gasteiger partial charge is 0.398 e. The van der Waals surface area contributed by atoms with Crippen LogP contribution in [-0.4, -0.2) is 17.4 Å². The molecule has 0 atom stereocenters. The van der Waals surface area contributed by atoms with E-state index in [0.29, 0.717) is 17.0 Å². The number of ketones is 1. The summed E-state index contributed by atoms with van der Waals surface area (Å²) >= 11 is 0. The van der Waals surface area contributed by atoms with E-state index in [0.717, 1.165) is 0 Å². The Morgan fingerprint density at radius 3 is 2.53 bits per heavy atom. The number of nitrogen functional groups attached to an aromatic ring is 1. The van der Waals surface area contributed by atoms with Crippen molar-refractivity contribution in [2.75, 3.05) is 5.73 Å². The van der Waals surface area contributed by atoms with E-state index in [1.54, 1.807) is 31.2 Å². The van der Waals surface area contributed by atoms with Gasteiger partial charge < -0.3 is 5.73 Å². The lowest BCUT2D eigenvalue weighted by atomic mass is 10.2. The number of nitrogens with zero attached hydrogens (tertiary/aromatic N) is 1. The molecule has 3 N–H and O–H groups in total. The third-order valence-electron chi connectivity index (χ3n) is 2.06. The summed E-state index contributed by atoms with van der Waals surface area (Å²) in [5.74, 6) is -0.384. The van der Waals surface area contributed by atoms with Crippen molar-refractivity contribution in [1.82, 2.24) is 5.43 Å². The maximum absolute atomic E-state index is 11.7. The molecular formula is C12H15N3O2. The molecule has 0 aromatic heterocycles. The number of carbonyl (C=O) groups is 2. The second-order valence-electron chi connectivity index (χ2n) is 3.75. The smallest absolute Gasteiger partial charge is 0.273 e. The van der Waals surface area contributed by atoms with Gasteiger partial charge in [-0.25, -0.2) is 5.43 Å². The zero-order chi connectivity index (χ0) is 12.8. The number of benzene rings is 1. The van der Waals surface area contributed by atoms with Gasteiger partial charge in [-0.2, -0.15) is 5.10 Å². The van der Waals surface area contributed by atoms with E-state index < -0.39 is 0 Å². The molecule has 0 fully saturated rings. The van der Waals surface area contributed by atoms with Crippen LogP contribution >= 0.6 is 0 Å². The fourth-order valence-electron chi connectivity index (χ4n) is 1.31. The van der Waals surface area contributed by atoms with E-state index in [4.69, 9.17) is 5.73 Å². The van der Waals surface area contributed by atoms with E-state index in [9.17, 15) is 9.59 Å². The topological polar surface area (TPSA) is 84.5 Å². The second-order valence-corrected chi connectivity index (χ2v) is 3.75. The van der Waals surface area contributed by atoms with Gasteiger partial charge in [0.15, 0.2) is 0 Å². The van der Waals surface area contributed by atoms with Crippen LogP contribution in [0.1, 0.15) is 30.6 Å². The summed E-state index contributed by atoms with van der Waals surface area (Å²) < 4.78 is 0. The molecule has 0 unspecified atom stereocenters. The molecule has 0 saturated carbocycles. The van der Waals surface area contributed by atoms with E-state index in [1.807, 2.05) is 0 Å². The predicted molar refractivity (Wildman–Crippen MR) is 66.7 cm³/mol. The Morgan fingerprint density at radius 2 is 1.94 bits per heavy atom. The van der Waals surface area contributed by atoms with E-state index >= 15 is 0 Å². The highest BCUT2D eigenvalue weighted by Crippen LogP contribution is 2.09. The van der Waals surface area contributed by atoms with Crippen LogP contribution in [0, 0.1) is 0 Å². The van der Waals surface area contributed by atoms with Crippen LogP contribution in [0.15, 0.2) is 29.4 Å². The summed E-state index contributed by atoms with van der Waals surface area (Å²) in [6.45, 7) is 3.14. The Balaban J connectivity index is 2.68. The van der Waals surface area contributed by atoms with Crippen LogP contribution in [0.25, 0.3) is 0 Å². The molecule has 0 aliphatic carbocycles. The molecular weight excluding hydrogens is 218 g/mol. The van der Waals surface area contributed by atoms with Crippen molar-refractivity contribution in [1.29, 1.82) is 0 Å². The molecule has 0 heterocycles. The fourth-order valence-corrected chi connectivity index (χ4v) is 1.31. The van der Waals surface area contributed by atoms with E-state index in [-0.39, 0.29) is 18.1 Å². The SMILES string of the molecule is CC(=O)C/C(C)=N/NC(=O)c1ccccc1N. The second kappa shape index (κ2) is 5.79. The highest BCUT2D eigenvalue weighted by Gasteiger charge is 2.07. The van der Waals surface area contributed by atoms with Gasteiger partial charge in [-0.3, -0.25) is 9.59 Å². The standard InChI is InChI=1S/C12H15N3O2/c1-8(7-9(2)16)14-15-12(17)10-5-3-4-6-11(10)13/h3-6H,7,13H2,1-2H3,(H,15,17)/b14-8+. The van der Waals surface area contributed by atoms with Gasteiger partial charge >= 0.3 is 0 Å². The monoisotopic (exact) mass is 233 g/mol. The molecule has 0 radical (unpaired) electrons. The molecule has 90 valence electrons. The lowest BCUT2D eigenvalue weighted by Crippen LogP contribution is -2.20. The van der Waals surface area contributed by atoms with Gasteiger partial charge in [0.1, 0.15) is 5.78 Å². The lowest BCUT2D eigenvalue weighted by Gasteiger charge is -2.04. The third kappa shape index (κ3) is 4.06. The Hall–Kier alpha value is -2.17. The number of hydrazone groups is 1. The van der Waals surface area contributed by atoms with Crippen molar-refractivity contribution in [2.24, 2.45) is 5.10 Å². The van der Waals surface area contributed by atoms with Crippen molar-refractivity contribution in [3.05, 3.63) is 29.8 Å². The molecule has 1 aromatic rings. The highest BCUT2D eigenvalue weighted by atomic mass is 16.2. The normalized spacial score (nSPS) is 11.1. The number of hydrogen-bond donors (Lipinski definition) is 2. The highest BCUT2D eigenvalue weighted by molar-refractivity contribution is 6.02. The van der Waals surface area contributed by atoms with Crippen LogP contribution in [0.2, 0.25) is 0 Å². The lowest BCUT2D eigenvalue weighted by molar-refractivity contribution is -0.115. The molecule has 5 heteroatoms.